The molecular formula is C12H17NS. The molecular weight excluding hydrogens is 190 g/mol. The fourth-order valence-electron chi connectivity index (χ4n) is 1.34. The lowest BCUT2D eigenvalue weighted by atomic mass is 10.1. The van der Waals surface area contributed by atoms with E-state index in [4.69, 9.17) is 0 Å². The summed E-state index contributed by atoms with van der Waals surface area (Å²) >= 11 is 4.38. The normalized spacial score (nSPS) is 10.0. The first-order valence-electron chi connectivity index (χ1n) is 4.97. The highest BCUT2D eigenvalue weighted by Gasteiger charge is 1.99. The molecule has 0 radical (unpaired) electrons. The maximum atomic E-state index is 4.44. The van der Waals surface area contributed by atoms with E-state index in [1.54, 1.807) is 0 Å². The summed E-state index contributed by atoms with van der Waals surface area (Å²) in [5, 5.41) is 0. The van der Waals surface area contributed by atoms with Crippen LogP contribution in [0.1, 0.15) is 32.8 Å². The van der Waals surface area contributed by atoms with Gasteiger partial charge in [-0.15, -0.1) is 12.6 Å². The number of aliphatic imine (C=N–C) groups is 1. The number of benzene rings is 1. The van der Waals surface area contributed by atoms with Crippen LogP contribution in [0.25, 0.3) is 0 Å². The van der Waals surface area contributed by atoms with Gasteiger partial charge in [-0.1, -0.05) is 19.4 Å². The van der Waals surface area contributed by atoms with E-state index in [0.29, 0.717) is 0 Å². The maximum Gasteiger partial charge on any atom is 0.0764 e. The lowest BCUT2D eigenvalue weighted by molar-refractivity contribution is 0.920. The Labute approximate surface area is 91.7 Å². The van der Waals surface area contributed by atoms with Gasteiger partial charge in [0.05, 0.1) is 5.69 Å². The van der Waals surface area contributed by atoms with E-state index < -0.39 is 0 Å². The third-order valence-electron chi connectivity index (χ3n) is 1.92. The number of rotatable bonds is 3. The van der Waals surface area contributed by atoms with E-state index in [2.05, 4.69) is 36.7 Å². The number of aryl methyl sites for hydroxylation is 1. The summed E-state index contributed by atoms with van der Waals surface area (Å²) in [5.41, 5.74) is 3.39. The van der Waals surface area contributed by atoms with Crippen molar-refractivity contribution < 1.29 is 0 Å². The molecule has 0 heterocycles. The van der Waals surface area contributed by atoms with Gasteiger partial charge in [0.25, 0.3) is 0 Å². The van der Waals surface area contributed by atoms with Gasteiger partial charge in [0.1, 0.15) is 0 Å². The Balaban J connectivity index is 3.02. The van der Waals surface area contributed by atoms with E-state index >= 15 is 0 Å². The van der Waals surface area contributed by atoms with Gasteiger partial charge in [-0.2, -0.15) is 0 Å². The van der Waals surface area contributed by atoms with Crippen LogP contribution in [-0.4, -0.2) is 5.71 Å². The van der Waals surface area contributed by atoms with E-state index in [0.717, 1.165) is 22.7 Å². The Morgan fingerprint density at radius 1 is 1.36 bits per heavy atom. The van der Waals surface area contributed by atoms with Gasteiger partial charge in [0.15, 0.2) is 0 Å². The Hall–Kier alpha value is -0.760. The third-order valence-corrected chi connectivity index (χ3v) is 2.30. The first-order chi connectivity index (χ1) is 6.63. The molecule has 0 amide bonds. The fourth-order valence-corrected chi connectivity index (χ4v) is 1.53. The molecule has 14 heavy (non-hydrogen) atoms. The van der Waals surface area contributed by atoms with Crippen LogP contribution < -0.4 is 0 Å². The fraction of sp³-hybridized carbons (Fsp3) is 0.417. The molecule has 1 rings (SSSR count). The van der Waals surface area contributed by atoms with Crippen LogP contribution in [0.15, 0.2) is 28.1 Å². The highest BCUT2D eigenvalue weighted by atomic mass is 32.1. The van der Waals surface area contributed by atoms with Gasteiger partial charge < -0.3 is 0 Å². The molecule has 0 N–H and O–H groups in total. The largest absolute Gasteiger partial charge is 0.257 e. The Bertz CT molecular complexity index is 338. The van der Waals surface area contributed by atoms with Gasteiger partial charge in [-0.05, 0) is 38.0 Å². The Morgan fingerprint density at radius 3 is 2.64 bits per heavy atom. The predicted molar refractivity (Wildman–Crippen MR) is 66.1 cm³/mol. The van der Waals surface area contributed by atoms with Crippen molar-refractivity contribution in [3.63, 3.8) is 0 Å². The van der Waals surface area contributed by atoms with Gasteiger partial charge in [-0.3, -0.25) is 4.99 Å². The number of hydrogen-bond acceptors (Lipinski definition) is 2. The van der Waals surface area contributed by atoms with E-state index in [-0.39, 0.29) is 0 Å². The van der Waals surface area contributed by atoms with Crippen LogP contribution >= 0.6 is 12.6 Å². The minimum absolute atomic E-state index is 0.950. The lowest BCUT2D eigenvalue weighted by Crippen LogP contribution is -1.85. The topological polar surface area (TPSA) is 12.4 Å². The van der Waals surface area contributed by atoms with Crippen LogP contribution in [-0.2, 0) is 6.42 Å². The number of nitrogens with zero attached hydrogens (tertiary/aromatic N) is 1. The smallest absolute Gasteiger partial charge is 0.0764 e. The second-order valence-electron chi connectivity index (χ2n) is 3.63. The van der Waals surface area contributed by atoms with E-state index in [1.165, 1.54) is 12.0 Å². The maximum absolute atomic E-state index is 4.44. The van der Waals surface area contributed by atoms with Gasteiger partial charge in [0, 0.05) is 10.6 Å². The Kier molecular flexibility index (Phi) is 4.21. The zero-order chi connectivity index (χ0) is 10.6. The quantitative estimate of drug-likeness (QED) is 0.567. The van der Waals surface area contributed by atoms with Crippen molar-refractivity contribution in [2.75, 3.05) is 0 Å². The molecule has 0 fully saturated rings. The van der Waals surface area contributed by atoms with Crippen molar-refractivity contribution >= 4 is 24.0 Å². The average molecular weight is 207 g/mol. The molecule has 2 heteroatoms. The number of thiol groups is 1. The summed E-state index contributed by atoms with van der Waals surface area (Å²) in [6.07, 6.45) is 2.28. The predicted octanol–water partition coefficient (Wildman–Crippen LogP) is 4.04. The first-order valence-corrected chi connectivity index (χ1v) is 5.42. The van der Waals surface area contributed by atoms with Crippen LogP contribution in [0.2, 0.25) is 0 Å². The highest BCUT2D eigenvalue weighted by Crippen LogP contribution is 2.25. The van der Waals surface area contributed by atoms with Crippen molar-refractivity contribution in [2.45, 2.75) is 38.5 Å². The summed E-state index contributed by atoms with van der Waals surface area (Å²) in [5.74, 6) is 0. The second kappa shape index (κ2) is 5.20. The minimum atomic E-state index is 0.950. The molecule has 0 bridgehead atoms. The average Bonchev–Trinajstić information content (AvgIpc) is 2.10. The summed E-state index contributed by atoms with van der Waals surface area (Å²) in [7, 11) is 0. The van der Waals surface area contributed by atoms with E-state index in [1.807, 2.05) is 19.9 Å². The summed E-state index contributed by atoms with van der Waals surface area (Å²) in [6.45, 7) is 6.18. The monoisotopic (exact) mass is 207 g/mol. The summed E-state index contributed by atoms with van der Waals surface area (Å²) < 4.78 is 0. The number of hydrogen-bond donors (Lipinski definition) is 1. The third kappa shape index (κ3) is 3.18. The molecule has 0 aliphatic carbocycles. The first kappa shape index (κ1) is 11.3. The Morgan fingerprint density at radius 2 is 2.07 bits per heavy atom. The van der Waals surface area contributed by atoms with Crippen molar-refractivity contribution in [2.24, 2.45) is 4.99 Å². The van der Waals surface area contributed by atoms with Gasteiger partial charge in [0.2, 0.25) is 0 Å². The molecule has 0 spiro atoms. The van der Waals surface area contributed by atoms with Crippen LogP contribution in [0.4, 0.5) is 5.69 Å². The van der Waals surface area contributed by atoms with Crippen LogP contribution in [0, 0.1) is 0 Å². The van der Waals surface area contributed by atoms with Crippen molar-refractivity contribution in [3.8, 4) is 0 Å². The van der Waals surface area contributed by atoms with E-state index in [9.17, 15) is 0 Å². The molecule has 0 aliphatic rings. The van der Waals surface area contributed by atoms with Crippen LogP contribution in [0.3, 0.4) is 0 Å². The summed E-state index contributed by atoms with van der Waals surface area (Å²) in [4.78, 5) is 5.39. The molecule has 0 atom stereocenters. The van der Waals surface area contributed by atoms with Gasteiger partial charge >= 0.3 is 0 Å². The molecule has 1 aromatic carbocycles. The highest BCUT2D eigenvalue weighted by molar-refractivity contribution is 7.80. The second-order valence-corrected chi connectivity index (χ2v) is 4.11. The summed E-state index contributed by atoms with van der Waals surface area (Å²) in [6, 6.07) is 6.27. The lowest BCUT2D eigenvalue weighted by Gasteiger charge is -2.04. The molecule has 0 saturated heterocycles. The molecule has 1 aromatic rings. The molecule has 0 aliphatic heterocycles. The molecule has 76 valence electrons. The van der Waals surface area contributed by atoms with Crippen molar-refractivity contribution in [1.82, 2.24) is 0 Å². The van der Waals surface area contributed by atoms with Crippen LogP contribution in [0.5, 0.6) is 0 Å². The molecule has 0 aromatic heterocycles. The minimum Gasteiger partial charge on any atom is -0.257 e. The molecule has 1 nitrogen and oxygen atoms in total. The standard InChI is InChI=1S/C12H17NS/c1-4-5-10-6-7-12(14)11(8-10)13-9(2)3/h6-8,14H,4-5H2,1-3H3. The SMILES string of the molecule is CCCc1ccc(S)c(N=C(C)C)c1. The van der Waals surface area contributed by atoms with Crippen molar-refractivity contribution in [3.05, 3.63) is 23.8 Å². The zero-order valence-electron chi connectivity index (χ0n) is 9.04. The molecule has 0 saturated carbocycles. The molecule has 0 unspecified atom stereocenters. The van der Waals surface area contributed by atoms with Crippen molar-refractivity contribution in [1.29, 1.82) is 0 Å². The zero-order valence-corrected chi connectivity index (χ0v) is 9.94. The van der Waals surface area contributed by atoms with Gasteiger partial charge in [-0.25, -0.2) is 0 Å².